The van der Waals surface area contributed by atoms with Crippen LogP contribution in [0.5, 0.6) is 5.75 Å². The van der Waals surface area contributed by atoms with Crippen LogP contribution in [0.4, 0.5) is 0 Å². The topological polar surface area (TPSA) is 36.9 Å². The highest BCUT2D eigenvalue weighted by Crippen LogP contribution is 2.28. The zero-order chi connectivity index (χ0) is 16.7. The van der Waals surface area contributed by atoms with Gasteiger partial charge in [0, 0.05) is 32.1 Å². The third-order valence-electron chi connectivity index (χ3n) is 4.38. The second-order valence-electron chi connectivity index (χ2n) is 6.62. The third kappa shape index (κ3) is 5.15. The molecule has 23 heavy (non-hydrogen) atoms. The van der Waals surface area contributed by atoms with Crippen molar-refractivity contribution in [2.45, 2.75) is 39.5 Å². The van der Waals surface area contributed by atoms with Crippen LogP contribution in [-0.2, 0) is 0 Å². The van der Waals surface area contributed by atoms with E-state index in [0.29, 0.717) is 11.8 Å². The molecule has 128 valence electrons. The maximum Gasteiger partial charge on any atom is 0.193 e. The molecule has 0 spiro atoms. The van der Waals surface area contributed by atoms with Gasteiger partial charge in [0.1, 0.15) is 5.75 Å². The maximum atomic E-state index is 5.25. The molecule has 0 radical (unpaired) electrons. The summed E-state index contributed by atoms with van der Waals surface area (Å²) < 4.78 is 5.25. The van der Waals surface area contributed by atoms with Gasteiger partial charge in [-0.25, -0.2) is 0 Å². The van der Waals surface area contributed by atoms with Crippen molar-refractivity contribution in [1.29, 1.82) is 0 Å². The Hall–Kier alpha value is -1.71. The van der Waals surface area contributed by atoms with Crippen LogP contribution in [0.3, 0.4) is 0 Å². The summed E-state index contributed by atoms with van der Waals surface area (Å²) >= 11 is 0. The van der Waals surface area contributed by atoms with Gasteiger partial charge < -0.3 is 15.0 Å². The van der Waals surface area contributed by atoms with Crippen LogP contribution in [-0.4, -0.2) is 44.1 Å². The van der Waals surface area contributed by atoms with Crippen molar-refractivity contribution in [3.05, 3.63) is 29.8 Å². The quantitative estimate of drug-likeness (QED) is 0.644. The minimum absolute atomic E-state index is 0.579. The van der Waals surface area contributed by atoms with E-state index >= 15 is 0 Å². The summed E-state index contributed by atoms with van der Waals surface area (Å²) in [7, 11) is 1.71. The number of likely N-dealkylation sites (tertiary alicyclic amines) is 1. The van der Waals surface area contributed by atoms with Crippen LogP contribution in [0.1, 0.15) is 45.1 Å². The summed E-state index contributed by atoms with van der Waals surface area (Å²) in [5.41, 5.74) is 1.39. The molecular formula is C19H31N3O. The van der Waals surface area contributed by atoms with Gasteiger partial charge >= 0.3 is 0 Å². The number of nitrogens with one attached hydrogen (secondary N) is 1. The Morgan fingerprint density at radius 1 is 1.35 bits per heavy atom. The zero-order valence-electron chi connectivity index (χ0n) is 15.0. The Labute approximate surface area is 140 Å². The van der Waals surface area contributed by atoms with Crippen LogP contribution in [0, 0.1) is 5.92 Å². The number of methoxy groups -OCH3 is 1. The van der Waals surface area contributed by atoms with Crippen molar-refractivity contribution in [3.8, 4) is 5.75 Å². The maximum absolute atomic E-state index is 5.25. The predicted octanol–water partition coefficient (Wildman–Crippen LogP) is 3.50. The molecule has 4 heteroatoms. The number of hydrogen-bond acceptors (Lipinski definition) is 2. The lowest BCUT2D eigenvalue weighted by molar-refractivity contribution is 0.414. The van der Waals surface area contributed by atoms with Gasteiger partial charge in [-0.05, 0) is 43.4 Å². The second kappa shape index (κ2) is 8.80. The van der Waals surface area contributed by atoms with Crippen LogP contribution in [0.25, 0.3) is 0 Å². The van der Waals surface area contributed by atoms with Gasteiger partial charge in [0.05, 0.1) is 7.11 Å². The highest BCUT2D eigenvalue weighted by atomic mass is 16.5. The van der Waals surface area contributed by atoms with Crippen molar-refractivity contribution < 1.29 is 4.74 Å². The molecule has 1 aromatic rings. The summed E-state index contributed by atoms with van der Waals surface area (Å²) in [4.78, 5) is 7.20. The highest BCUT2D eigenvalue weighted by molar-refractivity contribution is 5.80. The van der Waals surface area contributed by atoms with Gasteiger partial charge in [0.2, 0.25) is 0 Å². The van der Waals surface area contributed by atoms with Crippen molar-refractivity contribution in [3.63, 3.8) is 0 Å². The Balaban J connectivity index is 1.97. The van der Waals surface area contributed by atoms with Crippen molar-refractivity contribution in [2.24, 2.45) is 10.9 Å². The largest absolute Gasteiger partial charge is 0.497 e. The molecular weight excluding hydrogens is 286 g/mol. The molecule has 1 aromatic carbocycles. The molecule has 0 aliphatic carbocycles. The Kier molecular flexibility index (Phi) is 6.75. The van der Waals surface area contributed by atoms with Crippen LogP contribution in [0.2, 0.25) is 0 Å². The minimum Gasteiger partial charge on any atom is -0.497 e. The van der Waals surface area contributed by atoms with E-state index in [1.807, 2.05) is 0 Å². The fourth-order valence-corrected chi connectivity index (χ4v) is 2.96. The van der Waals surface area contributed by atoms with Gasteiger partial charge in [-0.3, -0.25) is 4.99 Å². The number of aliphatic imine (C=N–C) groups is 1. The van der Waals surface area contributed by atoms with Gasteiger partial charge in [0.15, 0.2) is 5.96 Å². The van der Waals surface area contributed by atoms with E-state index in [0.717, 1.165) is 44.3 Å². The lowest BCUT2D eigenvalue weighted by Crippen LogP contribution is -2.40. The Bertz CT molecular complexity index is 496. The fraction of sp³-hybridized carbons (Fsp3) is 0.632. The van der Waals surface area contributed by atoms with Gasteiger partial charge in [0.25, 0.3) is 0 Å². The molecule has 1 saturated heterocycles. The first kappa shape index (κ1) is 17.6. The minimum atomic E-state index is 0.579. The fourth-order valence-electron chi connectivity index (χ4n) is 2.96. The van der Waals surface area contributed by atoms with Crippen LogP contribution in [0.15, 0.2) is 29.3 Å². The van der Waals surface area contributed by atoms with E-state index in [9.17, 15) is 0 Å². The molecule has 1 aliphatic heterocycles. The molecule has 0 amide bonds. The lowest BCUT2D eigenvalue weighted by Gasteiger charge is -2.22. The number of benzene rings is 1. The normalized spacial score (nSPS) is 18.6. The molecule has 1 fully saturated rings. The standard InChI is InChI=1S/C19H31N3O/c1-5-20-19(21-12-10-15(2)3)22-13-11-17(14-22)16-6-8-18(23-4)9-7-16/h6-9,15,17H,5,10-14H2,1-4H3,(H,20,21). The van der Waals surface area contributed by atoms with Crippen molar-refractivity contribution in [2.75, 3.05) is 33.3 Å². The van der Waals surface area contributed by atoms with E-state index in [1.165, 1.54) is 12.0 Å². The van der Waals surface area contributed by atoms with E-state index < -0.39 is 0 Å². The SMILES string of the molecule is CCNC(=NCCC(C)C)N1CCC(c2ccc(OC)cc2)C1. The number of rotatable bonds is 6. The Morgan fingerprint density at radius 2 is 2.09 bits per heavy atom. The molecule has 1 N–H and O–H groups in total. The third-order valence-corrected chi connectivity index (χ3v) is 4.38. The number of nitrogens with zero attached hydrogens (tertiary/aromatic N) is 2. The molecule has 0 saturated carbocycles. The molecule has 1 atom stereocenters. The molecule has 1 aliphatic rings. The summed E-state index contributed by atoms with van der Waals surface area (Å²) in [6, 6.07) is 8.49. The predicted molar refractivity (Wildman–Crippen MR) is 97.4 cm³/mol. The van der Waals surface area contributed by atoms with E-state index in [1.54, 1.807) is 7.11 Å². The van der Waals surface area contributed by atoms with Crippen LogP contribution < -0.4 is 10.1 Å². The van der Waals surface area contributed by atoms with E-state index in [-0.39, 0.29) is 0 Å². The first-order valence-corrected chi connectivity index (χ1v) is 8.81. The molecule has 0 aromatic heterocycles. The molecule has 1 unspecified atom stereocenters. The first-order valence-electron chi connectivity index (χ1n) is 8.81. The molecule has 0 bridgehead atoms. The van der Waals surface area contributed by atoms with Crippen molar-refractivity contribution in [1.82, 2.24) is 10.2 Å². The first-order chi connectivity index (χ1) is 11.1. The number of guanidine groups is 1. The van der Waals surface area contributed by atoms with Crippen LogP contribution >= 0.6 is 0 Å². The molecule has 2 rings (SSSR count). The monoisotopic (exact) mass is 317 g/mol. The Morgan fingerprint density at radius 3 is 2.70 bits per heavy atom. The average molecular weight is 317 g/mol. The molecule has 1 heterocycles. The summed E-state index contributed by atoms with van der Waals surface area (Å²) in [5, 5.41) is 3.44. The van der Waals surface area contributed by atoms with Gasteiger partial charge in [-0.1, -0.05) is 26.0 Å². The van der Waals surface area contributed by atoms with E-state index in [4.69, 9.17) is 9.73 Å². The van der Waals surface area contributed by atoms with Gasteiger partial charge in [-0.2, -0.15) is 0 Å². The van der Waals surface area contributed by atoms with Gasteiger partial charge in [-0.15, -0.1) is 0 Å². The van der Waals surface area contributed by atoms with E-state index in [2.05, 4.69) is 55.3 Å². The number of ether oxygens (including phenoxy) is 1. The summed E-state index contributed by atoms with van der Waals surface area (Å²) in [6.07, 6.45) is 2.32. The highest BCUT2D eigenvalue weighted by Gasteiger charge is 2.26. The smallest absolute Gasteiger partial charge is 0.193 e. The average Bonchev–Trinajstić information content (AvgIpc) is 3.03. The second-order valence-corrected chi connectivity index (χ2v) is 6.62. The summed E-state index contributed by atoms with van der Waals surface area (Å²) in [6.45, 7) is 10.6. The number of hydrogen-bond donors (Lipinski definition) is 1. The summed E-state index contributed by atoms with van der Waals surface area (Å²) in [5.74, 6) is 3.28. The molecule has 4 nitrogen and oxygen atoms in total. The lowest BCUT2D eigenvalue weighted by atomic mass is 9.98. The van der Waals surface area contributed by atoms with Crippen molar-refractivity contribution >= 4 is 5.96 Å². The zero-order valence-corrected chi connectivity index (χ0v) is 15.0.